The molecule has 1 aromatic heterocycles. The van der Waals surface area contributed by atoms with Gasteiger partial charge in [-0.2, -0.15) is 0 Å². The lowest BCUT2D eigenvalue weighted by Gasteiger charge is -2.59. The van der Waals surface area contributed by atoms with Gasteiger partial charge in [-0.3, -0.25) is 0 Å². The van der Waals surface area contributed by atoms with Crippen LogP contribution >= 0.6 is 0 Å². The van der Waals surface area contributed by atoms with Crippen LogP contribution in [0.1, 0.15) is 82.8 Å². The number of rotatable bonds is 6. The van der Waals surface area contributed by atoms with E-state index in [0.29, 0.717) is 5.92 Å². The second kappa shape index (κ2) is 10.4. The molecule has 3 heterocycles. The van der Waals surface area contributed by atoms with Crippen molar-refractivity contribution in [3.63, 3.8) is 0 Å². The fraction of sp³-hybridized carbons (Fsp3) is 0.368. The van der Waals surface area contributed by atoms with E-state index in [-0.39, 0.29) is 17.0 Å². The summed E-state index contributed by atoms with van der Waals surface area (Å²) in [4.78, 5) is 14.9. The van der Waals surface area contributed by atoms with Gasteiger partial charge in [0.05, 0.1) is 0 Å². The molecule has 7 rings (SSSR count). The van der Waals surface area contributed by atoms with E-state index in [1.807, 2.05) is 12.4 Å². The Morgan fingerprint density at radius 2 is 1.52 bits per heavy atom. The molecule has 0 spiro atoms. The lowest BCUT2D eigenvalue weighted by Crippen LogP contribution is -2.62. The van der Waals surface area contributed by atoms with Gasteiger partial charge in [0.2, 0.25) is 0 Å². The van der Waals surface area contributed by atoms with Crippen LogP contribution in [-0.2, 0) is 5.41 Å². The minimum absolute atomic E-state index is 0.00316. The van der Waals surface area contributed by atoms with E-state index < -0.39 is 0 Å². The van der Waals surface area contributed by atoms with Crippen molar-refractivity contribution in [3.8, 4) is 11.1 Å². The zero-order valence-electron chi connectivity index (χ0n) is 25.3. The second-order valence-corrected chi connectivity index (χ2v) is 12.6. The van der Waals surface area contributed by atoms with Gasteiger partial charge in [0.1, 0.15) is 6.17 Å². The summed E-state index contributed by atoms with van der Waals surface area (Å²) in [6.45, 7) is 11.6. The van der Waals surface area contributed by atoms with Crippen molar-refractivity contribution in [3.05, 3.63) is 109 Å². The van der Waals surface area contributed by atoms with Gasteiger partial charge in [-0.05, 0) is 72.1 Å². The van der Waals surface area contributed by atoms with Gasteiger partial charge in [0.25, 0.3) is 0 Å². The number of benzene rings is 3. The molecule has 3 atom stereocenters. The van der Waals surface area contributed by atoms with Crippen LogP contribution in [0.5, 0.6) is 0 Å². The Labute approximate surface area is 251 Å². The summed E-state index contributed by atoms with van der Waals surface area (Å²) in [6.07, 6.45) is 14.5. The highest BCUT2D eigenvalue weighted by atomic mass is 15.5. The maximum Gasteiger partial charge on any atom is 0.178 e. The third-order valence-electron chi connectivity index (χ3n) is 10.9. The lowest BCUT2D eigenvalue weighted by molar-refractivity contribution is 0.120. The molecule has 3 aliphatic rings. The molecule has 4 nitrogen and oxygen atoms in total. The number of para-hydroxylation sites is 1. The SMILES string of the molecule is C=CC1(CC)c2ccc(-c3ccccc3C3CCCCC3)cc2N2c3nccnc3N(c3ccccc3)C2C1(C)CC. The van der Waals surface area contributed by atoms with Gasteiger partial charge in [0, 0.05) is 34.6 Å². The Morgan fingerprint density at radius 1 is 0.833 bits per heavy atom. The van der Waals surface area contributed by atoms with Gasteiger partial charge in [-0.25, -0.2) is 9.97 Å². The predicted octanol–water partition coefficient (Wildman–Crippen LogP) is 10.1. The normalized spacial score (nSPS) is 25.1. The van der Waals surface area contributed by atoms with E-state index >= 15 is 0 Å². The number of nitrogens with zero attached hydrogens (tertiary/aromatic N) is 4. The minimum atomic E-state index is -0.227. The standard InChI is InChI=1S/C38H42N4/c1-5-37(4)36-41(29-18-12-9-13-19-29)34-35(40-25-24-39-34)42(36)33-26-28(22-23-32(33)38(37,6-2)7-3)31-21-15-14-20-30(31)27-16-10-8-11-17-27/h6,9,12-15,18-27,36H,2,5,7-8,10-11,16-17H2,1,3-4H3. The van der Waals surface area contributed by atoms with Crippen molar-refractivity contribution in [1.82, 2.24) is 9.97 Å². The monoisotopic (exact) mass is 554 g/mol. The molecular formula is C38H42N4. The van der Waals surface area contributed by atoms with E-state index in [9.17, 15) is 0 Å². The number of anilines is 4. The van der Waals surface area contributed by atoms with Crippen molar-refractivity contribution in [2.24, 2.45) is 5.41 Å². The average Bonchev–Trinajstić information content (AvgIpc) is 3.42. The van der Waals surface area contributed by atoms with E-state index in [4.69, 9.17) is 9.97 Å². The molecule has 214 valence electrons. The summed E-state index contributed by atoms with van der Waals surface area (Å²) >= 11 is 0. The highest BCUT2D eigenvalue weighted by Gasteiger charge is 2.62. The molecule has 2 aliphatic heterocycles. The molecule has 1 fully saturated rings. The van der Waals surface area contributed by atoms with Crippen LogP contribution < -0.4 is 9.80 Å². The zero-order chi connectivity index (χ0) is 28.9. The topological polar surface area (TPSA) is 32.3 Å². The number of fused-ring (bicyclic) bond motifs is 5. The van der Waals surface area contributed by atoms with Crippen molar-refractivity contribution >= 4 is 23.0 Å². The molecule has 1 aliphatic carbocycles. The molecule has 4 heteroatoms. The Kier molecular flexibility index (Phi) is 6.68. The first-order chi connectivity index (χ1) is 20.6. The first-order valence-electron chi connectivity index (χ1n) is 15.9. The fourth-order valence-corrected chi connectivity index (χ4v) is 8.60. The summed E-state index contributed by atoms with van der Waals surface area (Å²) in [7, 11) is 0. The molecular weight excluding hydrogens is 512 g/mol. The molecule has 4 aromatic rings. The predicted molar refractivity (Wildman–Crippen MR) is 175 cm³/mol. The first kappa shape index (κ1) is 26.9. The molecule has 0 saturated heterocycles. The summed E-state index contributed by atoms with van der Waals surface area (Å²) in [5, 5.41) is 0. The van der Waals surface area contributed by atoms with Crippen LogP contribution in [0.4, 0.5) is 23.0 Å². The summed E-state index contributed by atoms with van der Waals surface area (Å²) < 4.78 is 0. The molecule has 3 aromatic carbocycles. The molecule has 0 bridgehead atoms. The fourth-order valence-electron chi connectivity index (χ4n) is 8.60. The van der Waals surface area contributed by atoms with Crippen LogP contribution in [0.25, 0.3) is 11.1 Å². The largest absolute Gasteiger partial charge is 0.301 e. The highest BCUT2D eigenvalue weighted by Crippen LogP contribution is 2.64. The van der Waals surface area contributed by atoms with Crippen molar-refractivity contribution in [1.29, 1.82) is 0 Å². The van der Waals surface area contributed by atoms with Gasteiger partial charge in [-0.15, -0.1) is 6.58 Å². The number of allylic oxidation sites excluding steroid dienone is 1. The van der Waals surface area contributed by atoms with Crippen LogP contribution in [-0.4, -0.2) is 16.1 Å². The van der Waals surface area contributed by atoms with Gasteiger partial charge in [-0.1, -0.05) is 101 Å². The first-order valence-corrected chi connectivity index (χ1v) is 15.9. The van der Waals surface area contributed by atoms with Crippen molar-refractivity contribution < 1.29 is 0 Å². The van der Waals surface area contributed by atoms with E-state index in [2.05, 4.69) is 116 Å². The van der Waals surface area contributed by atoms with E-state index in [1.165, 1.54) is 60.0 Å². The van der Waals surface area contributed by atoms with Gasteiger partial charge < -0.3 is 9.80 Å². The van der Waals surface area contributed by atoms with Crippen LogP contribution in [0, 0.1) is 5.41 Å². The Morgan fingerprint density at radius 3 is 2.21 bits per heavy atom. The Hall–Kier alpha value is -3.92. The Balaban J connectivity index is 1.49. The molecule has 0 amide bonds. The average molecular weight is 555 g/mol. The molecule has 42 heavy (non-hydrogen) atoms. The third kappa shape index (κ3) is 3.73. The van der Waals surface area contributed by atoms with Crippen LogP contribution in [0.15, 0.2) is 97.8 Å². The van der Waals surface area contributed by atoms with Crippen molar-refractivity contribution in [2.75, 3.05) is 9.80 Å². The highest BCUT2D eigenvalue weighted by molar-refractivity contribution is 5.89. The molecule has 1 saturated carbocycles. The number of hydrogen-bond donors (Lipinski definition) is 0. The number of hydrogen-bond acceptors (Lipinski definition) is 4. The van der Waals surface area contributed by atoms with E-state index in [0.717, 1.165) is 30.2 Å². The van der Waals surface area contributed by atoms with Gasteiger partial charge >= 0.3 is 0 Å². The zero-order valence-corrected chi connectivity index (χ0v) is 25.3. The van der Waals surface area contributed by atoms with Crippen LogP contribution in [0.3, 0.4) is 0 Å². The minimum Gasteiger partial charge on any atom is -0.301 e. The summed E-state index contributed by atoms with van der Waals surface area (Å²) in [5.74, 6) is 2.49. The molecule has 0 N–H and O–H groups in total. The number of aromatic nitrogens is 2. The smallest absolute Gasteiger partial charge is 0.178 e. The maximum absolute atomic E-state index is 5.01. The lowest BCUT2D eigenvalue weighted by atomic mass is 9.54. The maximum atomic E-state index is 5.01. The van der Waals surface area contributed by atoms with E-state index in [1.54, 1.807) is 0 Å². The summed E-state index contributed by atoms with van der Waals surface area (Å²) in [5.41, 5.74) is 7.46. The molecule has 3 unspecified atom stereocenters. The van der Waals surface area contributed by atoms with Crippen LogP contribution in [0.2, 0.25) is 0 Å². The van der Waals surface area contributed by atoms with Crippen molar-refractivity contribution in [2.45, 2.75) is 83.2 Å². The summed E-state index contributed by atoms with van der Waals surface area (Å²) in [6, 6.07) is 27.1. The Bertz CT molecular complexity index is 1610. The quantitative estimate of drug-likeness (QED) is 0.222. The second-order valence-electron chi connectivity index (χ2n) is 12.6. The molecule has 0 radical (unpaired) electrons. The van der Waals surface area contributed by atoms with Gasteiger partial charge in [0.15, 0.2) is 11.6 Å². The third-order valence-corrected chi connectivity index (χ3v) is 10.9.